The van der Waals surface area contributed by atoms with Gasteiger partial charge in [-0.1, -0.05) is 41.9 Å². The van der Waals surface area contributed by atoms with Crippen LogP contribution in [0.5, 0.6) is 0 Å². The maximum atomic E-state index is 5.90. The first kappa shape index (κ1) is 15.3. The van der Waals surface area contributed by atoms with Crippen molar-refractivity contribution in [3.05, 3.63) is 77.4 Å². The Morgan fingerprint density at radius 3 is 2.48 bits per heavy atom. The monoisotopic (exact) mass is 324 g/mol. The number of anilines is 3. The van der Waals surface area contributed by atoms with Gasteiger partial charge in [-0.05, 0) is 35.9 Å². The van der Waals surface area contributed by atoms with Gasteiger partial charge in [-0.25, -0.2) is 4.98 Å². The first-order valence-electron chi connectivity index (χ1n) is 7.32. The number of rotatable bonds is 5. The van der Waals surface area contributed by atoms with Crippen molar-refractivity contribution >= 4 is 29.1 Å². The van der Waals surface area contributed by atoms with Crippen LogP contribution in [-0.4, -0.2) is 17.0 Å². The molecule has 1 aromatic heterocycles. The third kappa shape index (κ3) is 3.99. The number of halogens is 1. The van der Waals surface area contributed by atoms with E-state index < -0.39 is 0 Å². The fourth-order valence-corrected chi connectivity index (χ4v) is 2.30. The third-order valence-corrected chi connectivity index (χ3v) is 3.73. The fourth-order valence-electron chi connectivity index (χ4n) is 2.17. The highest BCUT2D eigenvalue weighted by Gasteiger charge is 2.07. The molecule has 0 radical (unpaired) electrons. The molecule has 0 spiro atoms. The molecular formula is C18H17ClN4. The van der Waals surface area contributed by atoms with E-state index in [1.54, 1.807) is 6.20 Å². The minimum absolute atomic E-state index is 0.650. The van der Waals surface area contributed by atoms with E-state index in [1.807, 2.05) is 72.6 Å². The van der Waals surface area contributed by atoms with Gasteiger partial charge in [0.2, 0.25) is 5.95 Å². The zero-order valence-electron chi connectivity index (χ0n) is 12.8. The average molecular weight is 325 g/mol. The van der Waals surface area contributed by atoms with Crippen molar-refractivity contribution in [1.29, 1.82) is 0 Å². The van der Waals surface area contributed by atoms with E-state index in [2.05, 4.69) is 15.3 Å². The lowest BCUT2D eigenvalue weighted by atomic mass is 10.2. The Hall–Kier alpha value is -2.59. The molecule has 0 aliphatic carbocycles. The lowest BCUT2D eigenvalue weighted by Crippen LogP contribution is -2.13. The number of nitrogens with one attached hydrogen (secondary N) is 1. The first-order chi connectivity index (χ1) is 11.2. The van der Waals surface area contributed by atoms with Crippen LogP contribution in [0.2, 0.25) is 5.02 Å². The van der Waals surface area contributed by atoms with Gasteiger partial charge < -0.3 is 10.2 Å². The van der Waals surface area contributed by atoms with Gasteiger partial charge in [0.15, 0.2) is 0 Å². The average Bonchev–Trinajstić information content (AvgIpc) is 2.61. The molecule has 3 aromatic rings. The molecule has 3 rings (SSSR count). The molecule has 116 valence electrons. The van der Waals surface area contributed by atoms with Crippen LogP contribution < -0.4 is 10.2 Å². The number of nitrogens with zero attached hydrogens (tertiary/aromatic N) is 3. The largest absolute Gasteiger partial charge is 0.366 e. The molecule has 0 fully saturated rings. The van der Waals surface area contributed by atoms with E-state index in [0.29, 0.717) is 12.5 Å². The van der Waals surface area contributed by atoms with Gasteiger partial charge in [0.25, 0.3) is 0 Å². The van der Waals surface area contributed by atoms with Crippen molar-refractivity contribution in [1.82, 2.24) is 9.97 Å². The van der Waals surface area contributed by atoms with Crippen LogP contribution in [0.4, 0.5) is 17.5 Å². The second kappa shape index (κ2) is 7.11. The zero-order valence-corrected chi connectivity index (χ0v) is 13.5. The molecule has 1 N–H and O–H groups in total. The second-order valence-electron chi connectivity index (χ2n) is 5.12. The maximum absolute atomic E-state index is 5.90. The van der Waals surface area contributed by atoms with Gasteiger partial charge >= 0.3 is 0 Å². The molecule has 2 aromatic carbocycles. The summed E-state index contributed by atoms with van der Waals surface area (Å²) in [6, 6.07) is 19.6. The van der Waals surface area contributed by atoms with Crippen molar-refractivity contribution in [2.24, 2.45) is 0 Å². The predicted octanol–water partition coefficient (Wildman–Crippen LogP) is 4.51. The maximum Gasteiger partial charge on any atom is 0.231 e. The van der Waals surface area contributed by atoms with E-state index >= 15 is 0 Å². The van der Waals surface area contributed by atoms with Gasteiger partial charge in [0, 0.05) is 30.5 Å². The van der Waals surface area contributed by atoms with E-state index in [0.717, 1.165) is 22.1 Å². The normalized spacial score (nSPS) is 10.3. The topological polar surface area (TPSA) is 41.1 Å². The highest BCUT2D eigenvalue weighted by atomic mass is 35.5. The zero-order chi connectivity index (χ0) is 16.1. The van der Waals surface area contributed by atoms with E-state index in [-0.39, 0.29) is 0 Å². The number of benzene rings is 2. The lowest BCUT2D eigenvalue weighted by Gasteiger charge is -2.17. The van der Waals surface area contributed by atoms with Crippen molar-refractivity contribution in [2.45, 2.75) is 6.54 Å². The molecule has 5 heteroatoms. The molecule has 0 atom stereocenters. The molecule has 4 nitrogen and oxygen atoms in total. The molecule has 0 saturated heterocycles. The molecule has 0 bridgehead atoms. The molecule has 1 heterocycles. The molecule has 0 aliphatic rings. The van der Waals surface area contributed by atoms with Crippen LogP contribution in [0.15, 0.2) is 66.9 Å². The van der Waals surface area contributed by atoms with Gasteiger partial charge in [-0.3, -0.25) is 0 Å². The SMILES string of the molecule is CN(c1ccccc1)c1nccc(NCc2ccc(Cl)cc2)n1. The second-order valence-corrected chi connectivity index (χ2v) is 5.55. The number of para-hydroxylation sites is 1. The highest BCUT2D eigenvalue weighted by molar-refractivity contribution is 6.30. The van der Waals surface area contributed by atoms with Crippen molar-refractivity contribution < 1.29 is 0 Å². The molecule has 0 aliphatic heterocycles. The number of hydrogen-bond acceptors (Lipinski definition) is 4. The molecule has 0 amide bonds. The summed E-state index contributed by atoms with van der Waals surface area (Å²) in [5.41, 5.74) is 2.19. The van der Waals surface area contributed by atoms with Crippen molar-refractivity contribution in [3.8, 4) is 0 Å². The van der Waals surface area contributed by atoms with Gasteiger partial charge in [0.05, 0.1) is 0 Å². The van der Waals surface area contributed by atoms with E-state index in [1.165, 1.54) is 0 Å². The van der Waals surface area contributed by atoms with Crippen molar-refractivity contribution in [3.63, 3.8) is 0 Å². The predicted molar refractivity (Wildman–Crippen MR) is 95.3 cm³/mol. The minimum Gasteiger partial charge on any atom is -0.366 e. The quantitative estimate of drug-likeness (QED) is 0.749. The Morgan fingerprint density at radius 1 is 1.00 bits per heavy atom. The Morgan fingerprint density at radius 2 is 1.74 bits per heavy atom. The smallest absolute Gasteiger partial charge is 0.231 e. The van der Waals surface area contributed by atoms with Gasteiger partial charge in [-0.2, -0.15) is 4.98 Å². The van der Waals surface area contributed by atoms with Crippen molar-refractivity contribution in [2.75, 3.05) is 17.3 Å². The molecule has 0 saturated carbocycles. The van der Waals surface area contributed by atoms with Crippen LogP contribution in [0.25, 0.3) is 0 Å². The van der Waals surface area contributed by atoms with Crippen LogP contribution in [0.3, 0.4) is 0 Å². The minimum atomic E-state index is 0.650. The summed E-state index contributed by atoms with van der Waals surface area (Å²) in [4.78, 5) is 10.9. The van der Waals surface area contributed by atoms with Crippen LogP contribution in [0.1, 0.15) is 5.56 Å². The summed E-state index contributed by atoms with van der Waals surface area (Å²) >= 11 is 5.90. The van der Waals surface area contributed by atoms with Gasteiger partial charge in [0.1, 0.15) is 5.82 Å². The molecular weight excluding hydrogens is 308 g/mol. The number of hydrogen-bond donors (Lipinski definition) is 1. The summed E-state index contributed by atoms with van der Waals surface area (Å²) in [5, 5.41) is 4.04. The number of aromatic nitrogens is 2. The third-order valence-electron chi connectivity index (χ3n) is 3.47. The summed E-state index contributed by atoms with van der Waals surface area (Å²) in [5.74, 6) is 1.44. The van der Waals surface area contributed by atoms with E-state index in [9.17, 15) is 0 Å². The molecule has 0 unspecified atom stereocenters. The highest BCUT2D eigenvalue weighted by Crippen LogP contribution is 2.20. The first-order valence-corrected chi connectivity index (χ1v) is 7.70. The van der Waals surface area contributed by atoms with Gasteiger partial charge in [-0.15, -0.1) is 0 Å². The summed E-state index contributed by atoms with van der Waals surface area (Å²) in [6.07, 6.45) is 1.76. The molecule has 23 heavy (non-hydrogen) atoms. The summed E-state index contributed by atoms with van der Waals surface area (Å²) in [7, 11) is 1.95. The van der Waals surface area contributed by atoms with E-state index in [4.69, 9.17) is 11.6 Å². The standard InChI is InChI=1S/C18H17ClN4/c1-23(16-5-3-2-4-6-16)18-20-12-11-17(22-18)21-13-14-7-9-15(19)10-8-14/h2-12H,13H2,1H3,(H,20,21,22). The Balaban J connectivity index is 1.71. The Kier molecular flexibility index (Phi) is 4.74. The Bertz CT molecular complexity index is 759. The van der Waals surface area contributed by atoms with Crippen LogP contribution >= 0.6 is 11.6 Å². The van der Waals surface area contributed by atoms with Crippen LogP contribution in [0, 0.1) is 0 Å². The summed E-state index contributed by atoms with van der Waals surface area (Å²) in [6.45, 7) is 0.683. The fraction of sp³-hybridized carbons (Fsp3) is 0.111. The Labute approximate surface area is 140 Å². The summed E-state index contributed by atoms with van der Waals surface area (Å²) < 4.78 is 0. The lowest BCUT2D eigenvalue weighted by molar-refractivity contribution is 1.02. The van der Waals surface area contributed by atoms with Crippen LogP contribution in [-0.2, 0) is 6.54 Å².